The van der Waals surface area contributed by atoms with Gasteiger partial charge in [0.25, 0.3) is 5.91 Å². The second-order valence-electron chi connectivity index (χ2n) is 11.9. The van der Waals surface area contributed by atoms with Gasteiger partial charge in [0.2, 0.25) is 11.7 Å². The van der Waals surface area contributed by atoms with Crippen LogP contribution in [0, 0.1) is 11.3 Å². The lowest BCUT2D eigenvalue weighted by molar-refractivity contribution is -0.381. The molecule has 1 heterocycles. The van der Waals surface area contributed by atoms with Gasteiger partial charge in [-0.05, 0) is 47.7 Å². The second-order valence-corrected chi connectivity index (χ2v) is 12.8. The number of aliphatic hydroxyl groups is 2. The predicted molar refractivity (Wildman–Crippen MR) is 169 cm³/mol. The third-order valence-electron chi connectivity index (χ3n) is 9.00. The molecule has 3 aromatic rings. The Bertz CT molecular complexity index is 1530. The number of unbranched alkanes of at least 4 members (excludes halogenated alkanes) is 1. The molecule has 4 N–H and O–H groups in total. The fourth-order valence-electron chi connectivity index (χ4n) is 6.34. The van der Waals surface area contributed by atoms with E-state index in [0.717, 1.165) is 26.7 Å². The molecule has 8 nitrogen and oxygen atoms in total. The van der Waals surface area contributed by atoms with Crippen LogP contribution in [0.1, 0.15) is 55.4 Å². The number of benzene rings is 3. The predicted octanol–water partition coefficient (Wildman–Crippen LogP) is 5.34. The highest BCUT2D eigenvalue weighted by Gasteiger charge is 2.70. The fourth-order valence-corrected chi connectivity index (χ4v) is 6.75. The third-order valence-corrected chi connectivity index (χ3v) is 9.49. The van der Waals surface area contributed by atoms with Gasteiger partial charge in [-0.1, -0.05) is 109 Å². The molecule has 0 fully saturated rings. The number of nitrogens with two attached hydrogens (primary N) is 1. The quantitative estimate of drug-likeness (QED) is 0.238. The van der Waals surface area contributed by atoms with Gasteiger partial charge in [0.15, 0.2) is 5.79 Å². The van der Waals surface area contributed by atoms with Crippen molar-refractivity contribution in [3.8, 4) is 0 Å². The van der Waals surface area contributed by atoms with Gasteiger partial charge < -0.3 is 30.3 Å². The van der Waals surface area contributed by atoms with Crippen LogP contribution in [-0.4, -0.2) is 38.5 Å². The van der Waals surface area contributed by atoms with Crippen molar-refractivity contribution in [1.29, 1.82) is 0 Å². The molecular formula is C35H39BrN2O6. The Morgan fingerprint density at radius 2 is 1.52 bits per heavy atom. The molecular weight excluding hydrogens is 624 g/mol. The van der Waals surface area contributed by atoms with Crippen LogP contribution < -0.4 is 5.73 Å². The molecule has 0 bridgehead atoms. The number of halogens is 1. The monoisotopic (exact) mass is 662 g/mol. The molecule has 0 spiro atoms. The molecule has 232 valence electrons. The van der Waals surface area contributed by atoms with Crippen LogP contribution in [0.5, 0.6) is 0 Å². The van der Waals surface area contributed by atoms with Crippen molar-refractivity contribution < 1.29 is 29.3 Å². The Balaban J connectivity index is 1.63. The molecule has 0 saturated heterocycles. The number of rotatable bonds is 11. The van der Waals surface area contributed by atoms with E-state index < -0.39 is 34.7 Å². The number of ether oxygens (including phenoxy) is 2. The van der Waals surface area contributed by atoms with Crippen molar-refractivity contribution in [2.24, 2.45) is 17.1 Å². The van der Waals surface area contributed by atoms with E-state index in [2.05, 4.69) is 15.9 Å². The van der Waals surface area contributed by atoms with E-state index in [1.807, 2.05) is 85.8 Å². The Morgan fingerprint density at radius 3 is 2.11 bits per heavy atom. The van der Waals surface area contributed by atoms with Crippen molar-refractivity contribution in [3.63, 3.8) is 0 Å². The second kappa shape index (κ2) is 12.9. The summed E-state index contributed by atoms with van der Waals surface area (Å²) in [7, 11) is 0. The van der Waals surface area contributed by atoms with E-state index in [0.29, 0.717) is 25.9 Å². The summed E-state index contributed by atoms with van der Waals surface area (Å²) in [4.78, 5) is 29.2. The van der Waals surface area contributed by atoms with E-state index in [4.69, 9.17) is 15.2 Å². The number of fused-ring (bicyclic) bond motifs is 1. The first-order chi connectivity index (χ1) is 21.0. The molecule has 2 amide bonds. The molecule has 4 atom stereocenters. The number of amides is 2. The van der Waals surface area contributed by atoms with Crippen LogP contribution in [0.4, 0.5) is 0 Å². The zero-order valence-corrected chi connectivity index (χ0v) is 26.6. The number of carbonyl (C=O) groups is 2. The average molecular weight is 664 g/mol. The summed E-state index contributed by atoms with van der Waals surface area (Å²) >= 11 is 3.50. The highest BCUT2D eigenvalue weighted by Crippen LogP contribution is 2.57. The van der Waals surface area contributed by atoms with E-state index in [9.17, 15) is 19.8 Å². The number of primary amides is 1. The van der Waals surface area contributed by atoms with Gasteiger partial charge in [0.1, 0.15) is 5.92 Å². The molecule has 2 aliphatic rings. The normalized spacial score (nSPS) is 26.2. The van der Waals surface area contributed by atoms with Gasteiger partial charge in [-0.25, -0.2) is 0 Å². The first-order valence-corrected chi connectivity index (χ1v) is 15.7. The van der Waals surface area contributed by atoms with Crippen molar-refractivity contribution in [2.75, 3.05) is 0 Å². The summed E-state index contributed by atoms with van der Waals surface area (Å²) < 4.78 is 13.5. The maximum atomic E-state index is 14.4. The van der Waals surface area contributed by atoms with Gasteiger partial charge in [0, 0.05) is 17.6 Å². The van der Waals surface area contributed by atoms with Crippen molar-refractivity contribution >= 4 is 27.7 Å². The van der Waals surface area contributed by atoms with Gasteiger partial charge >= 0.3 is 0 Å². The first-order valence-electron chi connectivity index (χ1n) is 14.9. The Morgan fingerprint density at radius 1 is 0.932 bits per heavy atom. The van der Waals surface area contributed by atoms with Crippen LogP contribution >= 0.6 is 15.9 Å². The van der Waals surface area contributed by atoms with Crippen molar-refractivity contribution in [1.82, 2.24) is 4.90 Å². The summed E-state index contributed by atoms with van der Waals surface area (Å²) in [5, 5.41) is 25.4. The minimum absolute atomic E-state index is 0.0626. The molecule has 0 radical (unpaired) electrons. The van der Waals surface area contributed by atoms with Crippen molar-refractivity contribution in [2.45, 2.75) is 71.0 Å². The smallest absolute Gasteiger partial charge is 0.255 e. The highest BCUT2D eigenvalue weighted by atomic mass is 79.9. The standard InChI is InChI=1S/C35H39BrN2O6/c1-3-4-17-33(2)34(41,43-22-24-11-7-5-8-12-24)29(31(37)39)19-30(35(33,42)44-23-25-13-9-6-10-14-25)32(40)38-20-26-15-16-28(36)18-27(26)21-38/h5-16,18-19,29,41-42H,3-4,17,20-23H2,1-2H3,(H2,37,39). The molecule has 1 aliphatic heterocycles. The molecule has 5 rings (SSSR count). The summed E-state index contributed by atoms with van der Waals surface area (Å²) in [5.41, 5.74) is 7.56. The fraction of sp³-hybridized carbons (Fsp3) is 0.371. The molecule has 4 unspecified atom stereocenters. The minimum Gasteiger partial charge on any atom is -0.369 e. The van der Waals surface area contributed by atoms with Gasteiger partial charge in [-0.15, -0.1) is 0 Å². The zero-order valence-electron chi connectivity index (χ0n) is 25.0. The van der Waals surface area contributed by atoms with Gasteiger partial charge in [-0.2, -0.15) is 0 Å². The average Bonchev–Trinajstić information content (AvgIpc) is 3.45. The maximum absolute atomic E-state index is 14.4. The maximum Gasteiger partial charge on any atom is 0.255 e. The van der Waals surface area contributed by atoms with Crippen LogP contribution in [0.3, 0.4) is 0 Å². The van der Waals surface area contributed by atoms with Crippen LogP contribution in [0.25, 0.3) is 0 Å². The minimum atomic E-state index is -2.36. The largest absolute Gasteiger partial charge is 0.369 e. The summed E-state index contributed by atoms with van der Waals surface area (Å²) in [6.07, 6.45) is 2.68. The van der Waals surface area contributed by atoms with Crippen LogP contribution in [0.15, 0.2) is 95.0 Å². The highest BCUT2D eigenvalue weighted by molar-refractivity contribution is 9.10. The van der Waals surface area contributed by atoms with Gasteiger partial charge in [0.05, 0.1) is 24.2 Å². The summed E-state index contributed by atoms with van der Waals surface area (Å²) in [5.74, 6) is -7.52. The topological polar surface area (TPSA) is 122 Å². The molecule has 3 aromatic carbocycles. The lowest BCUT2D eigenvalue weighted by atomic mass is 9.59. The van der Waals surface area contributed by atoms with Gasteiger partial charge in [-0.3, -0.25) is 9.59 Å². The number of hydrogen-bond acceptors (Lipinski definition) is 6. The van der Waals surface area contributed by atoms with E-state index in [1.165, 1.54) is 6.08 Å². The summed E-state index contributed by atoms with van der Waals surface area (Å²) in [6.45, 7) is 4.09. The molecule has 1 aliphatic carbocycles. The SMILES string of the molecule is CCCCC1(C)C(O)(OCc2ccccc2)C(C(=O)N2Cc3ccc(Br)cc3C2)=CC(C(N)=O)C1(O)OCc1ccccc1. The molecule has 9 heteroatoms. The van der Waals surface area contributed by atoms with E-state index >= 15 is 0 Å². The van der Waals surface area contributed by atoms with Crippen LogP contribution in [-0.2, 0) is 45.4 Å². The first kappa shape index (κ1) is 32.1. The Kier molecular flexibility index (Phi) is 9.44. The number of nitrogens with zero attached hydrogens (tertiary/aromatic N) is 1. The lowest BCUT2D eigenvalue weighted by Gasteiger charge is -2.57. The summed E-state index contributed by atoms with van der Waals surface area (Å²) in [6, 6.07) is 24.3. The van der Waals surface area contributed by atoms with E-state index in [1.54, 1.807) is 11.8 Å². The van der Waals surface area contributed by atoms with Crippen LogP contribution in [0.2, 0.25) is 0 Å². The lowest BCUT2D eigenvalue weighted by Crippen LogP contribution is -2.71. The molecule has 44 heavy (non-hydrogen) atoms. The molecule has 0 aromatic heterocycles. The Hall–Kier alpha value is -3.34. The third kappa shape index (κ3) is 5.87. The van der Waals surface area contributed by atoms with E-state index in [-0.39, 0.29) is 25.2 Å². The zero-order chi connectivity index (χ0) is 31.5. The van der Waals surface area contributed by atoms with Crippen molar-refractivity contribution in [3.05, 3.63) is 117 Å². The molecule has 0 saturated carbocycles. The Labute approximate surface area is 266 Å². The number of carbonyl (C=O) groups excluding carboxylic acids is 2. The number of hydrogen-bond donors (Lipinski definition) is 3.